The third-order valence-electron chi connectivity index (χ3n) is 4.49. The zero-order chi connectivity index (χ0) is 19.3. The monoisotopic (exact) mass is 371 g/mol. The molecule has 0 saturated heterocycles. The summed E-state index contributed by atoms with van der Waals surface area (Å²) in [5.41, 5.74) is -2.01. The molecule has 2 heterocycles. The zero-order valence-electron chi connectivity index (χ0n) is 14.4. The molecule has 2 aromatic rings. The normalized spacial score (nSPS) is 15.9. The largest absolute Gasteiger partial charge is 0.473 e. The average Bonchev–Trinajstić information content (AvgIpc) is 2.77. The third-order valence-corrected chi connectivity index (χ3v) is 4.49. The summed E-state index contributed by atoms with van der Waals surface area (Å²) >= 11 is 0. The molecule has 0 saturated carbocycles. The van der Waals surface area contributed by atoms with E-state index in [0.29, 0.717) is 18.4 Å². The summed E-state index contributed by atoms with van der Waals surface area (Å²) in [5, 5.41) is 0. The molecule has 0 fully saturated rings. The van der Waals surface area contributed by atoms with Crippen LogP contribution in [0.25, 0.3) is 0 Å². The molecule has 1 aliphatic rings. The Morgan fingerprint density at radius 3 is 2.62 bits per heavy atom. The van der Waals surface area contributed by atoms with Crippen molar-refractivity contribution >= 4 is 5.82 Å². The van der Waals surface area contributed by atoms with Crippen molar-refractivity contribution in [1.82, 2.24) is 9.55 Å². The maximum Gasteiger partial charge on any atom is 0.419 e. The number of nitrogens with zero attached hydrogens (tertiary/aromatic N) is 3. The van der Waals surface area contributed by atoms with Crippen molar-refractivity contribution in [3.63, 3.8) is 0 Å². The lowest BCUT2D eigenvalue weighted by molar-refractivity contribution is -0.140. The maximum absolute atomic E-state index is 13.3. The second kappa shape index (κ2) is 6.00. The fourth-order valence-corrected chi connectivity index (χ4v) is 2.81. The first-order valence-corrected chi connectivity index (χ1v) is 7.83. The van der Waals surface area contributed by atoms with Crippen LogP contribution in [0.2, 0.25) is 0 Å². The highest BCUT2D eigenvalue weighted by Crippen LogP contribution is 2.33. The van der Waals surface area contributed by atoms with Crippen molar-refractivity contribution < 1.29 is 22.3 Å². The van der Waals surface area contributed by atoms with Gasteiger partial charge < -0.3 is 9.64 Å². The van der Waals surface area contributed by atoms with E-state index in [1.54, 1.807) is 6.07 Å². The number of rotatable bonds is 3. The van der Waals surface area contributed by atoms with Crippen LogP contribution in [0.4, 0.5) is 23.4 Å². The van der Waals surface area contributed by atoms with Gasteiger partial charge in [0.2, 0.25) is 5.88 Å². The van der Waals surface area contributed by atoms with E-state index in [-0.39, 0.29) is 23.6 Å². The first-order chi connectivity index (χ1) is 12.0. The maximum atomic E-state index is 13.3. The number of alkyl halides is 3. The van der Waals surface area contributed by atoms with Crippen LogP contribution in [-0.4, -0.2) is 22.1 Å². The molecule has 0 radical (unpaired) electrons. The van der Waals surface area contributed by atoms with Gasteiger partial charge in [-0.1, -0.05) is 6.07 Å². The van der Waals surface area contributed by atoms with Crippen LogP contribution in [0.5, 0.6) is 5.88 Å². The highest BCUT2D eigenvalue weighted by Gasteiger charge is 2.35. The SMILES string of the molecule is CN1c2cc(OCc3ccc(F)c(C(F)(F)F)c3)nc(=O)n2CC1(C)C. The third kappa shape index (κ3) is 3.25. The van der Waals surface area contributed by atoms with Crippen molar-refractivity contribution in [2.75, 3.05) is 11.9 Å². The lowest BCUT2D eigenvalue weighted by Gasteiger charge is -2.28. The molecule has 3 rings (SSSR count). The second-order valence-corrected chi connectivity index (χ2v) is 6.79. The van der Waals surface area contributed by atoms with E-state index in [0.717, 1.165) is 6.07 Å². The molecule has 0 bridgehead atoms. The topological polar surface area (TPSA) is 47.4 Å². The number of hydrogen-bond donors (Lipinski definition) is 0. The predicted octanol–water partition coefficient (Wildman–Crippen LogP) is 3.21. The Labute approximate surface area is 146 Å². The number of benzene rings is 1. The molecule has 0 amide bonds. The Balaban J connectivity index is 1.83. The summed E-state index contributed by atoms with van der Waals surface area (Å²) in [5.74, 6) is -0.734. The summed E-state index contributed by atoms with van der Waals surface area (Å²) in [7, 11) is 1.83. The van der Waals surface area contributed by atoms with Crippen LogP contribution in [-0.2, 0) is 19.3 Å². The number of aromatic nitrogens is 2. The van der Waals surface area contributed by atoms with E-state index in [1.807, 2.05) is 25.8 Å². The van der Waals surface area contributed by atoms with Gasteiger partial charge in [0.1, 0.15) is 18.2 Å². The minimum atomic E-state index is -4.79. The number of halogens is 4. The first kappa shape index (κ1) is 18.2. The lowest BCUT2D eigenvalue weighted by atomic mass is 10.1. The average molecular weight is 371 g/mol. The van der Waals surface area contributed by atoms with E-state index in [4.69, 9.17) is 4.74 Å². The summed E-state index contributed by atoms with van der Waals surface area (Å²) in [6, 6.07) is 4.18. The van der Waals surface area contributed by atoms with E-state index in [9.17, 15) is 22.4 Å². The molecule has 5 nitrogen and oxygen atoms in total. The molecular formula is C17H17F4N3O2. The van der Waals surface area contributed by atoms with Crippen LogP contribution in [0.1, 0.15) is 25.0 Å². The molecule has 0 aliphatic carbocycles. The highest BCUT2D eigenvalue weighted by atomic mass is 19.4. The van der Waals surface area contributed by atoms with Gasteiger partial charge in [-0.15, -0.1) is 0 Å². The highest BCUT2D eigenvalue weighted by molar-refractivity contribution is 5.47. The Morgan fingerprint density at radius 2 is 1.96 bits per heavy atom. The Kier molecular flexibility index (Phi) is 4.20. The van der Waals surface area contributed by atoms with Crippen LogP contribution in [0.3, 0.4) is 0 Å². The predicted molar refractivity (Wildman–Crippen MR) is 86.7 cm³/mol. The number of ether oxygens (including phenoxy) is 1. The van der Waals surface area contributed by atoms with Crippen LogP contribution in [0.15, 0.2) is 29.1 Å². The Bertz CT molecular complexity index is 906. The van der Waals surface area contributed by atoms with Crippen molar-refractivity contribution in [2.45, 2.75) is 38.7 Å². The molecule has 26 heavy (non-hydrogen) atoms. The lowest BCUT2D eigenvalue weighted by Crippen LogP contribution is -2.38. The summed E-state index contributed by atoms with van der Waals surface area (Å²) < 4.78 is 58.5. The van der Waals surface area contributed by atoms with Crippen molar-refractivity contribution in [3.05, 3.63) is 51.7 Å². The van der Waals surface area contributed by atoms with Gasteiger partial charge in [-0.3, -0.25) is 4.57 Å². The fraction of sp³-hybridized carbons (Fsp3) is 0.412. The van der Waals surface area contributed by atoms with Crippen LogP contribution >= 0.6 is 0 Å². The Morgan fingerprint density at radius 1 is 1.27 bits per heavy atom. The molecule has 0 atom stereocenters. The molecule has 1 aromatic heterocycles. The summed E-state index contributed by atoms with van der Waals surface area (Å²) in [4.78, 5) is 17.9. The van der Waals surface area contributed by atoms with E-state index >= 15 is 0 Å². The van der Waals surface area contributed by atoms with Gasteiger partial charge in [-0.2, -0.15) is 18.2 Å². The standard InChI is InChI=1S/C17H17F4N3O2/c1-16(2)9-24-14(23(16)3)7-13(22-15(24)25)26-8-10-4-5-12(18)11(6-10)17(19,20)21/h4-7H,8-9H2,1-3H3. The molecule has 1 aromatic carbocycles. The first-order valence-electron chi connectivity index (χ1n) is 7.83. The van der Waals surface area contributed by atoms with Gasteiger partial charge >= 0.3 is 11.9 Å². The number of fused-ring (bicyclic) bond motifs is 1. The number of likely N-dealkylation sites (N-methyl/N-ethyl adjacent to an activating group) is 1. The molecule has 0 spiro atoms. The molecular weight excluding hydrogens is 354 g/mol. The van der Waals surface area contributed by atoms with Gasteiger partial charge in [0.25, 0.3) is 0 Å². The zero-order valence-corrected chi connectivity index (χ0v) is 14.4. The van der Waals surface area contributed by atoms with E-state index < -0.39 is 23.2 Å². The summed E-state index contributed by atoms with van der Waals surface area (Å²) in [6.45, 7) is 4.14. The minimum absolute atomic E-state index is 0.00341. The van der Waals surface area contributed by atoms with E-state index in [1.165, 1.54) is 10.6 Å². The van der Waals surface area contributed by atoms with Crippen molar-refractivity contribution in [3.8, 4) is 5.88 Å². The molecule has 1 aliphatic heterocycles. The number of hydrogen-bond acceptors (Lipinski definition) is 4. The van der Waals surface area contributed by atoms with Gasteiger partial charge in [0.05, 0.1) is 17.6 Å². The van der Waals surface area contributed by atoms with E-state index in [2.05, 4.69) is 4.98 Å². The van der Waals surface area contributed by atoms with Crippen molar-refractivity contribution in [1.29, 1.82) is 0 Å². The second-order valence-electron chi connectivity index (χ2n) is 6.79. The Hall–Kier alpha value is -2.58. The molecule has 140 valence electrons. The fourth-order valence-electron chi connectivity index (χ4n) is 2.81. The smallest absolute Gasteiger partial charge is 0.419 e. The van der Waals surface area contributed by atoms with Crippen LogP contribution in [0, 0.1) is 5.82 Å². The number of anilines is 1. The van der Waals surface area contributed by atoms with Gasteiger partial charge in [-0.25, -0.2) is 9.18 Å². The molecule has 9 heteroatoms. The molecule has 0 unspecified atom stereocenters. The van der Waals surface area contributed by atoms with Crippen molar-refractivity contribution in [2.24, 2.45) is 0 Å². The van der Waals surface area contributed by atoms with Gasteiger partial charge in [0.15, 0.2) is 0 Å². The molecule has 0 N–H and O–H groups in total. The van der Waals surface area contributed by atoms with Gasteiger partial charge in [-0.05, 0) is 31.5 Å². The van der Waals surface area contributed by atoms with Crippen LogP contribution < -0.4 is 15.3 Å². The van der Waals surface area contributed by atoms with Gasteiger partial charge in [0, 0.05) is 13.1 Å². The quantitative estimate of drug-likeness (QED) is 0.778. The minimum Gasteiger partial charge on any atom is -0.473 e. The summed E-state index contributed by atoms with van der Waals surface area (Å²) in [6.07, 6.45) is -4.79.